The summed E-state index contributed by atoms with van der Waals surface area (Å²) in [5, 5.41) is 7.23. The van der Waals surface area contributed by atoms with Gasteiger partial charge in [0, 0.05) is 28.5 Å². The second-order valence-electron chi connectivity index (χ2n) is 5.93. The van der Waals surface area contributed by atoms with Crippen molar-refractivity contribution in [2.24, 2.45) is 0 Å². The predicted octanol–water partition coefficient (Wildman–Crippen LogP) is 4.72. The number of nitrogens with one attached hydrogen (secondary N) is 2. The van der Waals surface area contributed by atoms with E-state index >= 15 is 0 Å². The van der Waals surface area contributed by atoms with E-state index in [1.165, 1.54) is 25.6 Å². The van der Waals surface area contributed by atoms with Crippen LogP contribution in [0.2, 0.25) is 0 Å². The lowest BCUT2D eigenvalue weighted by Crippen LogP contribution is -2.09. The van der Waals surface area contributed by atoms with Gasteiger partial charge in [-0.2, -0.15) is 0 Å². The molecule has 144 valence electrons. The maximum atomic E-state index is 13.5. The first kappa shape index (κ1) is 19.8. The number of carbonyl (C=O) groups is 1. The van der Waals surface area contributed by atoms with Crippen LogP contribution in [0.15, 0.2) is 48.8 Å². The van der Waals surface area contributed by atoms with Crippen LogP contribution in [0.3, 0.4) is 0 Å². The molecule has 0 atom stereocenters. The molecule has 1 heterocycles. The van der Waals surface area contributed by atoms with Gasteiger partial charge in [-0.3, -0.25) is 4.79 Å². The summed E-state index contributed by atoms with van der Waals surface area (Å²) in [4.78, 5) is 20.6. The fourth-order valence-corrected chi connectivity index (χ4v) is 2.82. The highest BCUT2D eigenvalue weighted by molar-refractivity contribution is 9.09. The van der Waals surface area contributed by atoms with E-state index in [-0.39, 0.29) is 11.7 Å². The molecule has 1 amide bonds. The molecule has 0 aliphatic heterocycles. The highest BCUT2D eigenvalue weighted by atomic mass is 79.9. The van der Waals surface area contributed by atoms with Crippen LogP contribution in [0.4, 0.5) is 21.6 Å². The Morgan fingerprint density at radius 1 is 1.29 bits per heavy atom. The van der Waals surface area contributed by atoms with Crippen molar-refractivity contribution in [1.29, 1.82) is 0 Å². The molecular weight excluding hydrogens is 427 g/mol. The number of nitrogens with zero attached hydrogens (tertiary/aromatic N) is 2. The van der Waals surface area contributed by atoms with Gasteiger partial charge < -0.3 is 15.4 Å². The average Bonchev–Trinajstić information content (AvgIpc) is 2.69. The predicted molar refractivity (Wildman–Crippen MR) is 112 cm³/mol. The zero-order valence-electron chi connectivity index (χ0n) is 15.3. The number of methoxy groups -OCH3 is 1. The Hall–Kier alpha value is -3.00. The molecule has 28 heavy (non-hydrogen) atoms. The number of aryl methyl sites for hydroxylation is 1. The number of carbonyl (C=O) groups excluding carboxylic acids is 1. The number of halogens is 2. The maximum Gasteiger partial charge on any atom is 0.248 e. The van der Waals surface area contributed by atoms with Crippen molar-refractivity contribution in [2.75, 3.05) is 23.1 Å². The van der Waals surface area contributed by atoms with Crippen molar-refractivity contribution >= 4 is 49.9 Å². The lowest BCUT2D eigenvalue weighted by Gasteiger charge is -2.13. The molecule has 0 saturated heterocycles. The van der Waals surface area contributed by atoms with Crippen molar-refractivity contribution in [1.82, 2.24) is 9.97 Å². The van der Waals surface area contributed by atoms with Crippen LogP contribution < -0.4 is 15.4 Å². The van der Waals surface area contributed by atoms with Crippen molar-refractivity contribution < 1.29 is 13.9 Å². The molecule has 0 aliphatic carbocycles. The third-order valence-corrected chi connectivity index (χ3v) is 4.37. The number of ether oxygens (including phenoxy) is 1. The monoisotopic (exact) mass is 444 g/mol. The minimum absolute atomic E-state index is 0.274. The fourth-order valence-electron chi connectivity index (χ4n) is 2.64. The minimum Gasteiger partial charge on any atom is -0.494 e. The summed E-state index contributed by atoms with van der Waals surface area (Å²) in [6.45, 7) is 1.69. The van der Waals surface area contributed by atoms with Gasteiger partial charge in [0.1, 0.15) is 23.7 Å². The van der Waals surface area contributed by atoms with Crippen LogP contribution in [0.1, 0.15) is 5.56 Å². The largest absolute Gasteiger partial charge is 0.494 e. The quantitative estimate of drug-likeness (QED) is 0.424. The van der Waals surface area contributed by atoms with E-state index in [1.807, 2.05) is 0 Å². The zero-order chi connectivity index (χ0) is 20.1. The van der Waals surface area contributed by atoms with E-state index in [4.69, 9.17) is 4.74 Å². The number of alkyl halides is 1. The molecule has 0 bridgehead atoms. The van der Waals surface area contributed by atoms with Gasteiger partial charge in [-0.25, -0.2) is 14.4 Å². The van der Waals surface area contributed by atoms with Crippen molar-refractivity contribution in [3.05, 3.63) is 60.2 Å². The summed E-state index contributed by atoms with van der Waals surface area (Å²) in [5.74, 6) is 0.461. The van der Waals surface area contributed by atoms with E-state index in [2.05, 4.69) is 36.5 Å². The zero-order valence-corrected chi connectivity index (χ0v) is 16.9. The minimum atomic E-state index is -0.280. The van der Waals surface area contributed by atoms with Gasteiger partial charge in [-0.15, -0.1) is 0 Å². The Balaban J connectivity index is 2.01. The highest BCUT2D eigenvalue weighted by Gasteiger charge is 2.12. The summed E-state index contributed by atoms with van der Waals surface area (Å²) in [7, 11) is 1.52. The van der Waals surface area contributed by atoms with Crippen LogP contribution in [-0.2, 0) is 4.79 Å². The van der Waals surface area contributed by atoms with Gasteiger partial charge in [0.05, 0.1) is 18.3 Å². The molecule has 2 aromatic carbocycles. The van der Waals surface area contributed by atoms with Crippen LogP contribution in [0.5, 0.6) is 5.75 Å². The molecular formula is C20H18BrFN4O2. The Bertz CT molecular complexity index is 1060. The van der Waals surface area contributed by atoms with Crippen molar-refractivity contribution in [3.63, 3.8) is 0 Å². The molecule has 2 N–H and O–H groups in total. The Kier molecular flexibility index (Phi) is 6.20. The summed E-state index contributed by atoms with van der Waals surface area (Å²) < 4.78 is 18.9. The molecule has 0 saturated carbocycles. The topological polar surface area (TPSA) is 76.1 Å². The van der Waals surface area contributed by atoms with E-state index in [9.17, 15) is 9.18 Å². The lowest BCUT2D eigenvalue weighted by atomic mass is 10.1. The highest BCUT2D eigenvalue weighted by Crippen LogP contribution is 2.33. The first-order chi connectivity index (χ1) is 13.5. The average molecular weight is 445 g/mol. The van der Waals surface area contributed by atoms with Crippen molar-refractivity contribution in [3.8, 4) is 5.75 Å². The number of allylic oxidation sites excluding steroid dienone is 1. The van der Waals surface area contributed by atoms with Gasteiger partial charge in [0.2, 0.25) is 5.91 Å². The molecule has 3 aromatic rings. The molecule has 0 aliphatic rings. The van der Waals surface area contributed by atoms with E-state index in [0.29, 0.717) is 44.7 Å². The Labute approximate surface area is 170 Å². The molecule has 1 aromatic heterocycles. The number of benzene rings is 2. The van der Waals surface area contributed by atoms with E-state index < -0.39 is 0 Å². The SMILES string of the molecule is COc1cc2ncnc(Nc3ccc(F)c(C)c3)c2cc1NC(=O)/C=C/CBr. The standard InChI is InChI=1S/C20H18BrFN4O2/c1-12-8-13(5-6-15(12)22)25-20-14-9-17(26-19(27)4-3-7-21)18(28-2)10-16(14)23-11-24-20/h3-6,8-11H,7H2,1-2H3,(H,26,27)(H,23,24,25)/b4-3+. The number of hydrogen-bond acceptors (Lipinski definition) is 5. The Morgan fingerprint density at radius 3 is 2.82 bits per heavy atom. The smallest absolute Gasteiger partial charge is 0.248 e. The summed E-state index contributed by atoms with van der Waals surface area (Å²) >= 11 is 3.23. The molecule has 0 fully saturated rings. The number of fused-ring (bicyclic) bond motifs is 1. The molecule has 0 unspecified atom stereocenters. The third-order valence-electron chi connectivity index (χ3n) is 3.99. The first-order valence-corrected chi connectivity index (χ1v) is 9.53. The molecule has 0 radical (unpaired) electrons. The van der Waals surface area contributed by atoms with Gasteiger partial charge >= 0.3 is 0 Å². The number of hydrogen-bond donors (Lipinski definition) is 2. The van der Waals surface area contributed by atoms with Gasteiger partial charge in [-0.1, -0.05) is 22.0 Å². The maximum absolute atomic E-state index is 13.5. The number of aromatic nitrogens is 2. The van der Waals surface area contributed by atoms with Crippen molar-refractivity contribution in [2.45, 2.75) is 6.92 Å². The summed E-state index contributed by atoms with van der Waals surface area (Å²) in [5.41, 5.74) is 2.35. The van der Waals surface area contributed by atoms with E-state index in [1.54, 1.807) is 37.3 Å². The second-order valence-corrected chi connectivity index (χ2v) is 6.57. The Morgan fingerprint density at radius 2 is 2.11 bits per heavy atom. The van der Waals surface area contributed by atoms with Crippen LogP contribution >= 0.6 is 15.9 Å². The molecule has 0 spiro atoms. The lowest BCUT2D eigenvalue weighted by molar-refractivity contribution is -0.111. The molecule has 6 nitrogen and oxygen atoms in total. The molecule has 3 rings (SSSR count). The number of amides is 1. The number of rotatable bonds is 6. The molecule has 8 heteroatoms. The second kappa shape index (κ2) is 8.79. The summed E-state index contributed by atoms with van der Waals surface area (Å²) in [6, 6.07) is 8.19. The van der Waals surface area contributed by atoms with Gasteiger partial charge in [0.15, 0.2) is 0 Å². The number of anilines is 3. The van der Waals surface area contributed by atoms with Gasteiger partial charge in [0.25, 0.3) is 0 Å². The van der Waals surface area contributed by atoms with E-state index in [0.717, 1.165) is 0 Å². The summed E-state index contributed by atoms with van der Waals surface area (Å²) in [6.07, 6.45) is 4.55. The van der Waals surface area contributed by atoms with Crippen LogP contribution in [-0.4, -0.2) is 28.3 Å². The third kappa shape index (κ3) is 4.45. The van der Waals surface area contributed by atoms with Crippen LogP contribution in [0, 0.1) is 12.7 Å². The van der Waals surface area contributed by atoms with Gasteiger partial charge in [-0.05, 0) is 36.8 Å². The fraction of sp³-hybridized carbons (Fsp3) is 0.150. The normalized spacial score (nSPS) is 11.0. The van der Waals surface area contributed by atoms with Crippen LogP contribution in [0.25, 0.3) is 10.9 Å². The first-order valence-electron chi connectivity index (χ1n) is 8.41.